The molecule has 5 saturated carbocycles. The summed E-state index contributed by atoms with van der Waals surface area (Å²) in [6.45, 7) is 0. The summed E-state index contributed by atoms with van der Waals surface area (Å²) >= 11 is 1.91. The maximum Gasteiger partial charge on any atom is 0.0476 e. The number of thiophene rings is 1. The Morgan fingerprint density at radius 2 is 1.02 bits per heavy atom. The first-order valence-electron chi connectivity index (χ1n) is 18.6. The van der Waals surface area contributed by atoms with E-state index in [1.54, 1.807) is 5.56 Å². The molecule has 0 amide bonds. The van der Waals surface area contributed by atoms with Gasteiger partial charge in [0.2, 0.25) is 0 Å². The molecule has 5 fully saturated rings. The quantitative estimate of drug-likeness (QED) is 0.175. The van der Waals surface area contributed by atoms with Crippen LogP contribution in [0.15, 0.2) is 121 Å². The van der Waals surface area contributed by atoms with Crippen LogP contribution in [0.2, 0.25) is 0 Å². The van der Waals surface area contributed by atoms with Crippen LogP contribution in [0.1, 0.15) is 87.3 Å². The minimum Gasteiger partial charge on any atom is -0.310 e. The van der Waals surface area contributed by atoms with E-state index in [0.717, 1.165) is 17.8 Å². The van der Waals surface area contributed by atoms with Crippen molar-refractivity contribution in [3.63, 3.8) is 0 Å². The number of hydrogen-bond acceptors (Lipinski definition) is 2. The molecule has 0 atom stereocenters. The van der Waals surface area contributed by atoms with Crippen LogP contribution in [-0.2, 0) is 10.8 Å². The molecule has 0 spiro atoms. The van der Waals surface area contributed by atoms with E-state index in [1.807, 2.05) is 11.3 Å². The Kier molecular flexibility index (Phi) is 6.87. The number of anilines is 3. The van der Waals surface area contributed by atoms with Crippen LogP contribution >= 0.6 is 11.3 Å². The van der Waals surface area contributed by atoms with Gasteiger partial charge in [-0.05, 0) is 134 Å². The molecule has 0 unspecified atom stereocenters. The zero-order valence-corrected chi connectivity index (χ0v) is 28.7. The molecule has 240 valence electrons. The summed E-state index contributed by atoms with van der Waals surface area (Å²) < 4.78 is 2.71. The van der Waals surface area contributed by atoms with Gasteiger partial charge >= 0.3 is 0 Å². The highest BCUT2D eigenvalue weighted by atomic mass is 32.1. The van der Waals surface area contributed by atoms with Crippen molar-refractivity contribution >= 4 is 48.6 Å². The molecule has 0 radical (unpaired) electrons. The summed E-state index contributed by atoms with van der Waals surface area (Å²) in [6, 6.07) is 46.9. The minimum atomic E-state index is 0.109. The smallest absolute Gasteiger partial charge is 0.0476 e. The molecule has 0 N–H and O–H groups in total. The van der Waals surface area contributed by atoms with Gasteiger partial charge in [-0.1, -0.05) is 98.1 Å². The lowest BCUT2D eigenvalue weighted by Gasteiger charge is -2.57. The molecule has 1 heterocycles. The van der Waals surface area contributed by atoms with Crippen molar-refractivity contribution in [3.8, 4) is 0 Å². The average Bonchev–Trinajstić information content (AvgIpc) is 3.50. The summed E-state index contributed by atoms with van der Waals surface area (Å²) in [5.41, 5.74) is 8.80. The third kappa shape index (κ3) is 4.70. The summed E-state index contributed by atoms with van der Waals surface area (Å²) in [6.07, 6.45) is 15.1. The normalized spacial score (nSPS) is 25.9. The van der Waals surface area contributed by atoms with Crippen molar-refractivity contribution in [2.75, 3.05) is 4.90 Å². The summed E-state index contributed by atoms with van der Waals surface area (Å²) in [7, 11) is 0. The zero-order chi connectivity index (χ0) is 31.7. The number of rotatable bonds is 6. The second-order valence-electron chi connectivity index (χ2n) is 15.9. The fourth-order valence-electron chi connectivity index (χ4n) is 11.3. The molecule has 6 aromatic rings. The van der Waals surface area contributed by atoms with E-state index in [4.69, 9.17) is 0 Å². The fraction of sp³-hybridized carbons (Fsp3) is 0.348. The highest BCUT2D eigenvalue weighted by Gasteiger charge is 2.51. The summed E-state index contributed by atoms with van der Waals surface area (Å²) in [5.74, 6) is 2.88. The van der Waals surface area contributed by atoms with Crippen LogP contribution in [-0.4, -0.2) is 0 Å². The van der Waals surface area contributed by atoms with Crippen LogP contribution < -0.4 is 4.90 Å². The van der Waals surface area contributed by atoms with Crippen molar-refractivity contribution in [3.05, 3.63) is 138 Å². The van der Waals surface area contributed by atoms with Gasteiger partial charge in [-0.3, -0.25) is 0 Å². The van der Waals surface area contributed by atoms with Crippen molar-refractivity contribution in [2.45, 2.75) is 81.5 Å². The molecule has 0 saturated heterocycles. The molecule has 2 heteroatoms. The van der Waals surface area contributed by atoms with Gasteiger partial charge in [-0.15, -0.1) is 11.3 Å². The van der Waals surface area contributed by atoms with E-state index < -0.39 is 0 Å². The van der Waals surface area contributed by atoms with Crippen LogP contribution in [0.25, 0.3) is 20.2 Å². The number of fused-ring (bicyclic) bond motifs is 3. The van der Waals surface area contributed by atoms with E-state index >= 15 is 0 Å². The lowest BCUT2D eigenvalue weighted by Crippen LogP contribution is -2.48. The Morgan fingerprint density at radius 3 is 1.69 bits per heavy atom. The van der Waals surface area contributed by atoms with Gasteiger partial charge in [0.1, 0.15) is 0 Å². The fourth-order valence-corrected chi connectivity index (χ4v) is 12.5. The van der Waals surface area contributed by atoms with Gasteiger partial charge in [0.05, 0.1) is 0 Å². The van der Waals surface area contributed by atoms with Gasteiger partial charge in [0, 0.05) is 42.6 Å². The van der Waals surface area contributed by atoms with Crippen LogP contribution in [0.4, 0.5) is 17.1 Å². The van der Waals surface area contributed by atoms with E-state index in [0.29, 0.717) is 5.41 Å². The Labute approximate surface area is 289 Å². The lowest BCUT2D eigenvalue weighted by atomic mass is 9.48. The third-order valence-electron chi connectivity index (χ3n) is 13.1. The second kappa shape index (κ2) is 11.3. The van der Waals surface area contributed by atoms with Crippen molar-refractivity contribution in [1.29, 1.82) is 0 Å². The van der Waals surface area contributed by atoms with Crippen molar-refractivity contribution < 1.29 is 0 Å². The summed E-state index contributed by atoms with van der Waals surface area (Å²) in [4.78, 5) is 2.51. The highest BCUT2D eigenvalue weighted by Crippen LogP contribution is 2.61. The monoisotopic (exact) mass is 643 g/mol. The van der Waals surface area contributed by atoms with Gasteiger partial charge in [0.25, 0.3) is 0 Å². The maximum atomic E-state index is 2.51. The first-order chi connectivity index (χ1) is 23.7. The van der Waals surface area contributed by atoms with E-state index in [9.17, 15) is 0 Å². The molecule has 4 bridgehead atoms. The van der Waals surface area contributed by atoms with E-state index in [-0.39, 0.29) is 5.41 Å². The van der Waals surface area contributed by atoms with Crippen LogP contribution in [0, 0.1) is 17.8 Å². The van der Waals surface area contributed by atoms with Gasteiger partial charge in [-0.25, -0.2) is 0 Å². The molecule has 1 nitrogen and oxygen atoms in total. The molecule has 5 aliphatic carbocycles. The predicted octanol–water partition coefficient (Wildman–Crippen LogP) is 13.2. The van der Waals surface area contributed by atoms with Crippen molar-refractivity contribution in [2.24, 2.45) is 17.8 Å². The molecule has 1 aromatic heterocycles. The van der Waals surface area contributed by atoms with E-state index in [2.05, 4.69) is 126 Å². The first kappa shape index (κ1) is 29.1. The first-order valence-corrected chi connectivity index (χ1v) is 19.5. The number of hydrogen-bond donors (Lipinski definition) is 0. The molecule has 5 aromatic carbocycles. The minimum absolute atomic E-state index is 0.109. The van der Waals surface area contributed by atoms with E-state index in [1.165, 1.54) is 119 Å². The Morgan fingerprint density at radius 1 is 0.479 bits per heavy atom. The van der Waals surface area contributed by atoms with Gasteiger partial charge in [-0.2, -0.15) is 0 Å². The zero-order valence-electron chi connectivity index (χ0n) is 27.9. The second-order valence-corrected chi connectivity index (χ2v) is 17.0. The molecule has 0 aliphatic heterocycles. The van der Waals surface area contributed by atoms with Crippen LogP contribution in [0.5, 0.6) is 0 Å². The van der Waals surface area contributed by atoms with Crippen molar-refractivity contribution in [1.82, 2.24) is 0 Å². The molecular formula is C46H45NS. The van der Waals surface area contributed by atoms with Crippen LogP contribution in [0.3, 0.4) is 0 Å². The maximum absolute atomic E-state index is 2.51. The standard InChI is InChI=1S/C46H45NS/c1-3-9-36(10-4-1)46(23-7-2-8-24-46)37-15-19-39(20-16-37)47(40-21-22-42-41-11-5-6-12-43(41)48-44(42)28-40)38-17-13-35(14-18-38)45-29-32-25-33(30-45)27-34(26-32)31-45/h1,3-6,9-22,28,32-34H,2,7-8,23-27,29-31H2. The largest absolute Gasteiger partial charge is 0.310 e. The average molecular weight is 644 g/mol. The summed E-state index contributed by atoms with van der Waals surface area (Å²) in [5, 5.41) is 2.72. The molecule has 48 heavy (non-hydrogen) atoms. The van der Waals surface area contributed by atoms with Gasteiger partial charge < -0.3 is 4.90 Å². The molecular weight excluding hydrogens is 599 g/mol. The number of nitrogens with zero attached hydrogens (tertiary/aromatic N) is 1. The topological polar surface area (TPSA) is 3.24 Å². The Bertz CT molecular complexity index is 2050. The third-order valence-corrected chi connectivity index (χ3v) is 14.2. The molecule has 5 aliphatic rings. The SMILES string of the molecule is c1ccc(C2(c3ccc(N(c4ccc(C56CC7CC(CC(C7)C5)C6)cc4)c4ccc5c(c4)sc4ccccc45)cc3)CCCCC2)cc1. The Balaban J connectivity index is 1.06. The molecule has 11 rings (SSSR count). The Hall–Kier alpha value is -3.88. The predicted molar refractivity (Wildman–Crippen MR) is 204 cm³/mol. The number of benzene rings is 5. The van der Waals surface area contributed by atoms with Gasteiger partial charge in [0.15, 0.2) is 0 Å². The lowest BCUT2D eigenvalue weighted by molar-refractivity contribution is -0.00518. The highest BCUT2D eigenvalue weighted by molar-refractivity contribution is 7.25.